The van der Waals surface area contributed by atoms with Gasteiger partial charge in [-0.05, 0) is 6.07 Å². The number of alkyl halides is 3. The predicted molar refractivity (Wildman–Crippen MR) is 44.0 cm³/mol. The van der Waals surface area contributed by atoms with Gasteiger partial charge in [-0.2, -0.15) is 13.2 Å². The van der Waals surface area contributed by atoms with Crippen molar-refractivity contribution in [3.8, 4) is 0 Å². The van der Waals surface area contributed by atoms with Crippen molar-refractivity contribution in [3.05, 3.63) is 28.9 Å². The third-order valence-electron chi connectivity index (χ3n) is 1.48. The summed E-state index contributed by atoms with van der Waals surface area (Å²) in [5, 5.41) is 4.10. The van der Waals surface area contributed by atoms with Gasteiger partial charge in [0.2, 0.25) is 0 Å². The lowest BCUT2D eigenvalue weighted by Gasteiger charge is -2.06. The van der Waals surface area contributed by atoms with E-state index in [9.17, 15) is 22.9 Å². The number of nitrogens with zero attached hydrogens (tertiary/aromatic N) is 2. The Bertz CT molecular complexity index is 372. The lowest BCUT2D eigenvalue weighted by Crippen LogP contribution is -2.33. The first kappa shape index (κ1) is 11.2. The third-order valence-corrected chi connectivity index (χ3v) is 1.48. The molecule has 5 nitrogen and oxygen atoms in total. The number of carbonyl (C=O) groups excluding carboxylic acids is 1. The number of nitrogens with one attached hydrogen (secondary N) is 1. The van der Waals surface area contributed by atoms with E-state index in [0.717, 1.165) is 17.1 Å². The standard InChI is InChI=1S/C7H6F3N3O2/c8-7(9,10)4-11-6(14)5-1-2-13(3-5)12-15/h1-3H,4H2,(H,11,14). The first-order valence-corrected chi connectivity index (χ1v) is 3.79. The Morgan fingerprint density at radius 2 is 2.20 bits per heavy atom. The Labute approximate surface area is 81.8 Å². The summed E-state index contributed by atoms with van der Waals surface area (Å²) in [4.78, 5) is 21.0. The van der Waals surface area contributed by atoms with Gasteiger partial charge in [0.15, 0.2) is 0 Å². The fourth-order valence-electron chi connectivity index (χ4n) is 0.853. The molecule has 0 aromatic carbocycles. The number of hydrogen-bond acceptors (Lipinski definition) is 3. The van der Waals surface area contributed by atoms with Crippen LogP contribution in [-0.2, 0) is 0 Å². The number of carbonyl (C=O) groups is 1. The maximum Gasteiger partial charge on any atom is 0.405 e. The van der Waals surface area contributed by atoms with Gasteiger partial charge in [-0.1, -0.05) is 0 Å². The second-order valence-corrected chi connectivity index (χ2v) is 2.66. The molecule has 8 heteroatoms. The molecule has 1 aromatic rings. The average molecular weight is 221 g/mol. The summed E-state index contributed by atoms with van der Waals surface area (Å²) in [7, 11) is 0. The second-order valence-electron chi connectivity index (χ2n) is 2.66. The highest BCUT2D eigenvalue weighted by Crippen LogP contribution is 2.12. The minimum atomic E-state index is -4.46. The molecule has 0 unspecified atom stereocenters. The zero-order valence-corrected chi connectivity index (χ0v) is 7.28. The minimum Gasteiger partial charge on any atom is -0.343 e. The average Bonchev–Trinajstić information content (AvgIpc) is 2.61. The van der Waals surface area contributed by atoms with Gasteiger partial charge < -0.3 is 5.32 Å². The molecule has 0 fully saturated rings. The van der Waals surface area contributed by atoms with E-state index in [4.69, 9.17) is 0 Å². The molecular formula is C7H6F3N3O2. The predicted octanol–water partition coefficient (Wildman–Crippen LogP) is 1.31. The molecule has 0 atom stereocenters. The van der Waals surface area contributed by atoms with Crippen LogP contribution in [-0.4, -0.2) is 23.3 Å². The normalized spacial score (nSPS) is 11.1. The zero-order chi connectivity index (χ0) is 11.5. The Kier molecular flexibility index (Phi) is 3.08. The van der Waals surface area contributed by atoms with Crippen LogP contribution >= 0.6 is 0 Å². The number of nitroso groups, excluding NO2 is 1. The number of amides is 1. The Hall–Kier alpha value is -1.86. The maximum absolute atomic E-state index is 11.7. The number of aromatic nitrogens is 1. The number of hydrogen-bond donors (Lipinski definition) is 1. The summed E-state index contributed by atoms with van der Waals surface area (Å²) in [6, 6.07) is 1.19. The van der Waals surface area contributed by atoms with Crippen LogP contribution in [0.2, 0.25) is 0 Å². The molecule has 0 saturated carbocycles. The highest BCUT2D eigenvalue weighted by molar-refractivity contribution is 5.94. The molecule has 0 aliphatic rings. The third kappa shape index (κ3) is 3.41. The maximum atomic E-state index is 11.7. The van der Waals surface area contributed by atoms with Crippen molar-refractivity contribution in [2.45, 2.75) is 6.18 Å². The molecule has 1 N–H and O–H groups in total. The highest BCUT2D eigenvalue weighted by atomic mass is 19.4. The Balaban J connectivity index is 2.58. The first-order chi connectivity index (χ1) is 6.92. The van der Waals surface area contributed by atoms with Gasteiger partial charge in [-0.15, -0.1) is 4.91 Å². The monoisotopic (exact) mass is 221 g/mol. The molecule has 0 bridgehead atoms. The second kappa shape index (κ2) is 4.11. The highest BCUT2D eigenvalue weighted by Gasteiger charge is 2.27. The molecule has 15 heavy (non-hydrogen) atoms. The molecule has 82 valence electrons. The molecule has 0 aliphatic carbocycles. The molecular weight excluding hydrogens is 215 g/mol. The van der Waals surface area contributed by atoms with Crippen molar-refractivity contribution in [1.82, 2.24) is 9.99 Å². The molecule has 1 amide bonds. The largest absolute Gasteiger partial charge is 0.405 e. The van der Waals surface area contributed by atoms with Crippen LogP contribution in [0.3, 0.4) is 0 Å². The van der Waals surface area contributed by atoms with Crippen molar-refractivity contribution in [2.75, 3.05) is 6.54 Å². The van der Waals surface area contributed by atoms with E-state index in [0.29, 0.717) is 0 Å². The van der Waals surface area contributed by atoms with Gasteiger partial charge in [-0.25, -0.2) is 4.68 Å². The van der Waals surface area contributed by atoms with Crippen molar-refractivity contribution in [2.24, 2.45) is 5.29 Å². The van der Waals surface area contributed by atoms with E-state index in [1.54, 1.807) is 5.32 Å². The topological polar surface area (TPSA) is 63.5 Å². The first-order valence-electron chi connectivity index (χ1n) is 3.79. The van der Waals surface area contributed by atoms with Crippen LogP contribution in [0.4, 0.5) is 13.2 Å². The van der Waals surface area contributed by atoms with Crippen molar-refractivity contribution < 1.29 is 18.0 Å². The fraction of sp³-hybridized carbons (Fsp3) is 0.286. The van der Waals surface area contributed by atoms with Crippen LogP contribution in [0.1, 0.15) is 10.4 Å². The van der Waals surface area contributed by atoms with E-state index >= 15 is 0 Å². The summed E-state index contributed by atoms with van der Waals surface area (Å²) in [6.07, 6.45) is -2.27. The van der Waals surface area contributed by atoms with E-state index < -0.39 is 18.6 Å². The molecule has 1 rings (SSSR count). The van der Waals surface area contributed by atoms with Crippen LogP contribution < -0.4 is 5.32 Å². The van der Waals surface area contributed by atoms with E-state index in [1.165, 1.54) is 6.07 Å². The van der Waals surface area contributed by atoms with Gasteiger partial charge in [0.05, 0.1) is 10.8 Å². The lowest BCUT2D eigenvalue weighted by atomic mass is 10.3. The van der Waals surface area contributed by atoms with Gasteiger partial charge in [0.1, 0.15) is 6.54 Å². The molecule has 0 radical (unpaired) electrons. The Morgan fingerprint density at radius 3 is 2.67 bits per heavy atom. The number of halogens is 3. The molecule has 1 aromatic heterocycles. The molecule has 0 aliphatic heterocycles. The summed E-state index contributed by atoms with van der Waals surface area (Å²) >= 11 is 0. The minimum absolute atomic E-state index is 0.0566. The Morgan fingerprint density at radius 1 is 1.53 bits per heavy atom. The van der Waals surface area contributed by atoms with Crippen LogP contribution in [0.15, 0.2) is 23.7 Å². The van der Waals surface area contributed by atoms with Gasteiger partial charge in [0, 0.05) is 12.4 Å². The van der Waals surface area contributed by atoms with Crippen molar-refractivity contribution in [1.29, 1.82) is 0 Å². The van der Waals surface area contributed by atoms with Crippen LogP contribution in [0, 0.1) is 4.91 Å². The lowest BCUT2D eigenvalue weighted by molar-refractivity contribution is -0.123. The summed E-state index contributed by atoms with van der Waals surface area (Å²) in [6.45, 7) is -1.41. The van der Waals surface area contributed by atoms with Crippen molar-refractivity contribution >= 4 is 5.91 Å². The SMILES string of the molecule is O=Nn1ccc(C(=O)NCC(F)(F)F)c1. The number of rotatable bonds is 3. The van der Waals surface area contributed by atoms with E-state index in [1.807, 2.05) is 0 Å². The summed E-state index contributed by atoms with van der Waals surface area (Å²) < 4.78 is 35.9. The van der Waals surface area contributed by atoms with Crippen molar-refractivity contribution in [3.63, 3.8) is 0 Å². The van der Waals surface area contributed by atoms with Gasteiger partial charge >= 0.3 is 6.18 Å². The quantitative estimate of drug-likeness (QED) is 0.782. The van der Waals surface area contributed by atoms with E-state index in [2.05, 4.69) is 5.29 Å². The summed E-state index contributed by atoms with van der Waals surface area (Å²) in [5.41, 5.74) is -0.0566. The van der Waals surface area contributed by atoms with Gasteiger partial charge in [-0.3, -0.25) is 4.79 Å². The fourth-order valence-corrected chi connectivity index (χ4v) is 0.853. The van der Waals surface area contributed by atoms with E-state index in [-0.39, 0.29) is 5.56 Å². The smallest absolute Gasteiger partial charge is 0.343 e. The molecule has 0 spiro atoms. The molecule has 0 saturated heterocycles. The van der Waals surface area contributed by atoms with Crippen LogP contribution in [0.25, 0.3) is 0 Å². The molecule has 1 heterocycles. The zero-order valence-electron chi connectivity index (χ0n) is 7.28. The summed E-state index contributed by atoms with van der Waals surface area (Å²) in [5.74, 6) is -0.908. The van der Waals surface area contributed by atoms with Gasteiger partial charge in [0.25, 0.3) is 5.91 Å². The van der Waals surface area contributed by atoms with Crippen LogP contribution in [0.5, 0.6) is 0 Å².